The predicted octanol–water partition coefficient (Wildman–Crippen LogP) is 5.94. The summed E-state index contributed by atoms with van der Waals surface area (Å²) in [6, 6.07) is 13.8. The predicted molar refractivity (Wildman–Crippen MR) is 138 cm³/mol. The van der Waals surface area contributed by atoms with Gasteiger partial charge in [-0.3, -0.25) is 4.79 Å². The van der Waals surface area contributed by atoms with Crippen LogP contribution in [0.2, 0.25) is 0 Å². The maximum Gasteiger partial charge on any atom is 0.306 e. The van der Waals surface area contributed by atoms with Crippen molar-refractivity contribution in [3.8, 4) is 34.7 Å². The molecule has 7 nitrogen and oxygen atoms in total. The van der Waals surface area contributed by atoms with Gasteiger partial charge in [0, 0.05) is 18.1 Å². The number of aromatic nitrogens is 2. The molecule has 0 bridgehead atoms. The van der Waals surface area contributed by atoms with Crippen LogP contribution in [0.4, 0.5) is 0 Å². The van der Waals surface area contributed by atoms with E-state index < -0.39 is 11.4 Å². The van der Waals surface area contributed by atoms with Crippen molar-refractivity contribution in [3.05, 3.63) is 59.5 Å². The number of hydrogen-bond acceptors (Lipinski definition) is 6. The lowest BCUT2D eigenvalue weighted by molar-refractivity contribution is -0.143. The first kappa shape index (κ1) is 24.9. The number of carbonyl (C=O) groups is 1. The molecule has 37 heavy (non-hydrogen) atoms. The minimum Gasteiger partial charge on any atom is -0.493 e. The Hall–Kier alpha value is -3.79. The van der Waals surface area contributed by atoms with Crippen molar-refractivity contribution in [2.24, 2.45) is 5.92 Å². The Labute approximate surface area is 217 Å². The summed E-state index contributed by atoms with van der Waals surface area (Å²) >= 11 is 0. The minimum absolute atomic E-state index is 0.199. The second-order valence-corrected chi connectivity index (χ2v) is 10.1. The molecule has 2 fully saturated rings. The zero-order chi connectivity index (χ0) is 25.8. The van der Waals surface area contributed by atoms with Crippen molar-refractivity contribution in [2.75, 3.05) is 7.11 Å². The molecule has 0 atom stereocenters. The largest absolute Gasteiger partial charge is 0.493 e. The Morgan fingerprint density at radius 3 is 2.54 bits per heavy atom. The first-order valence-electron chi connectivity index (χ1n) is 13.0. The van der Waals surface area contributed by atoms with Gasteiger partial charge in [0.05, 0.1) is 24.5 Å². The fraction of sp³-hybridized carbons (Fsp3) is 0.433. The number of hydrogen-bond donors (Lipinski definition) is 1. The molecule has 0 saturated heterocycles. The topological polar surface area (TPSA) is 94.7 Å². The van der Waals surface area contributed by atoms with Crippen molar-refractivity contribution in [1.29, 1.82) is 0 Å². The van der Waals surface area contributed by atoms with E-state index in [4.69, 9.17) is 14.0 Å². The van der Waals surface area contributed by atoms with E-state index >= 15 is 0 Å². The number of rotatable bonds is 6. The van der Waals surface area contributed by atoms with E-state index in [0.29, 0.717) is 43.1 Å². The molecule has 1 aromatic heterocycles. The SMILES string of the molecule is COc1ccc(C2(C#Cc3cccc(-c4noc(C)n4)c3)CCC(C(=O)O)CC2)cc1OC1CCCC1. The summed E-state index contributed by atoms with van der Waals surface area (Å²) < 4.78 is 17.1. The second-order valence-electron chi connectivity index (χ2n) is 10.1. The smallest absolute Gasteiger partial charge is 0.306 e. The summed E-state index contributed by atoms with van der Waals surface area (Å²) in [5, 5.41) is 13.6. The van der Waals surface area contributed by atoms with Gasteiger partial charge in [0.1, 0.15) is 0 Å². The van der Waals surface area contributed by atoms with Gasteiger partial charge in [0.15, 0.2) is 11.5 Å². The van der Waals surface area contributed by atoms with Crippen molar-refractivity contribution >= 4 is 5.97 Å². The van der Waals surface area contributed by atoms with Gasteiger partial charge in [0.2, 0.25) is 11.7 Å². The average Bonchev–Trinajstić information content (AvgIpc) is 3.59. The number of aliphatic carboxylic acids is 1. The van der Waals surface area contributed by atoms with Crippen LogP contribution in [0.1, 0.15) is 68.4 Å². The molecule has 1 heterocycles. The molecule has 7 heteroatoms. The van der Waals surface area contributed by atoms with E-state index in [9.17, 15) is 9.90 Å². The highest BCUT2D eigenvalue weighted by Crippen LogP contribution is 2.44. The highest BCUT2D eigenvalue weighted by molar-refractivity contribution is 5.70. The Kier molecular flexibility index (Phi) is 7.18. The third-order valence-electron chi connectivity index (χ3n) is 7.59. The van der Waals surface area contributed by atoms with Gasteiger partial charge in [-0.25, -0.2) is 0 Å². The third-order valence-corrected chi connectivity index (χ3v) is 7.59. The van der Waals surface area contributed by atoms with E-state index in [1.165, 1.54) is 12.8 Å². The number of carboxylic acid groups (broad SMARTS) is 1. The lowest BCUT2D eigenvalue weighted by atomic mass is 9.67. The van der Waals surface area contributed by atoms with Gasteiger partial charge < -0.3 is 19.1 Å². The fourth-order valence-electron chi connectivity index (χ4n) is 5.44. The minimum atomic E-state index is -0.732. The molecule has 2 aliphatic rings. The summed E-state index contributed by atoms with van der Waals surface area (Å²) in [6.45, 7) is 1.76. The van der Waals surface area contributed by atoms with Gasteiger partial charge in [-0.05, 0) is 81.2 Å². The molecule has 0 radical (unpaired) electrons. The lowest BCUT2D eigenvalue weighted by Crippen LogP contribution is -2.33. The standard InChI is InChI=1S/C30H32N2O5/c1-20-31-28(32-37-20)23-7-5-6-21(18-23)12-15-30(16-13-22(14-17-30)29(33)34)24-10-11-26(35-2)27(19-24)36-25-8-3-4-9-25/h5-7,10-11,18-19,22,25H,3-4,8-9,13-14,16-17H2,1-2H3,(H,33,34). The van der Waals surface area contributed by atoms with Gasteiger partial charge in [-0.15, -0.1) is 0 Å². The number of carboxylic acids is 1. The summed E-state index contributed by atoms with van der Waals surface area (Å²) in [7, 11) is 1.66. The lowest BCUT2D eigenvalue weighted by Gasteiger charge is -2.36. The molecule has 0 unspecified atom stereocenters. The van der Waals surface area contributed by atoms with Crippen LogP contribution in [0.25, 0.3) is 11.4 Å². The van der Waals surface area contributed by atoms with Crippen molar-refractivity contribution in [1.82, 2.24) is 10.1 Å². The Morgan fingerprint density at radius 1 is 1.08 bits per heavy atom. The monoisotopic (exact) mass is 500 g/mol. The van der Waals surface area contributed by atoms with Gasteiger partial charge in [-0.1, -0.05) is 35.2 Å². The van der Waals surface area contributed by atoms with Crippen LogP contribution >= 0.6 is 0 Å². The van der Waals surface area contributed by atoms with E-state index in [2.05, 4.69) is 34.1 Å². The molecule has 0 spiro atoms. The van der Waals surface area contributed by atoms with Crippen LogP contribution in [-0.4, -0.2) is 34.4 Å². The maximum absolute atomic E-state index is 11.7. The summed E-state index contributed by atoms with van der Waals surface area (Å²) in [5.41, 5.74) is 2.24. The van der Waals surface area contributed by atoms with Crippen LogP contribution in [0.5, 0.6) is 11.5 Å². The highest BCUT2D eigenvalue weighted by atomic mass is 16.5. The molecule has 2 aromatic carbocycles. The zero-order valence-corrected chi connectivity index (χ0v) is 21.3. The number of nitrogens with zero attached hydrogens (tertiary/aromatic N) is 2. The quantitative estimate of drug-likeness (QED) is 0.419. The fourth-order valence-corrected chi connectivity index (χ4v) is 5.44. The first-order valence-corrected chi connectivity index (χ1v) is 13.0. The summed E-state index contributed by atoms with van der Waals surface area (Å²) in [5.74, 6) is 8.36. The van der Waals surface area contributed by atoms with Crippen LogP contribution in [-0.2, 0) is 10.2 Å². The molecule has 2 saturated carbocycles. The van der Waals surface area contributed by atoms with Crippen molar-refractivity contribution in [2.45, 2.75) is 69.8 Å². The molecule has 5 rings (SSSR count). The third kappa shape index (κ3) is 5.48. The molecular weight excluding hydrogens is 468 g/mol. The zero-order valence-electron chi connectivity index (χ0n) is 21.3. The Morgan fingerprint density at radius 2 is 1.86 bits per heavy atom. The molecule has 1 N–H and O–H groups in total. The summed E-state index contributed by atoms with van der Waals surface area (Å²) in [4.78, 5) is 16.0. The molecule has 3 aromatic rings. The Bertz CT molecular complexity index is 1320. The Balaban J connectivity index is 1.50. The number of methoxy groups -OCH3 is 1. The number of benzene rings is 2. The van der Waals surface area contributed by atoms with Crippen LogP contribution < -0.4 is 9.47 Å². The van der Waals surface area contributed by atoms with E-state index in [0.717, 1.165) is 35.3 Å². The highest BCUT2D eigenvalue weighted by Gasteiger charge is 2.38. The average molecular weight is 501 g/mol. The molecule has 0 aliphatic heterocycles. The first-order chi connectivity index (χ1) is 18.0. The van der Waals surface area contributed by atoms with Crippen LogP contribution in [0.3, 0.4) is 0 Å². The molecule has 0 amide bonds. The van der Waals surface area contributed by atoms with Gasteiger partial charge >= 0.3 is 5.97 Å². The maximum atomic E-state index is 11.7. The van der Waals surface area contributed by atoms with Crippen molar-refractivity contribution < 1.29 is 23.9 Å². The second kappa shape index (κ2) is 10.7. The van der Waals surface area contributed by atoms with Gasteiger partial charge in [0.25, 0.3) is 0 Å². The van der Waals surface area contributed by atoms with E-state index in [1.807, 2.05) is 30.3 Å². The van der Waals surface area contributed by atoms with Gasteiger partial charge in [-0.2, -0.15) is 4.98 Å². The molecular formula is C30H32N2O5. The summed E-state index contributed by atoms with van der Waals surface area (Å²) in [6.07, 6.45) is 7.15. The normalized spacial score (nSPS) is 21.7. The van der Waals surface area contributed by atoms with Crippen molar-refractivity contribution in [3.63, 3.8) is 0 Å². The molecule has 2 aliphatic carbocycles. The number of ether oxygens (including phenoxy) is 2. The molecule has 192 valence electrons. The van der Waals surface area contributed by atoms with Crippen LogP contribution in [0.15, 0.2) is 47.0 Å². The van der Waals surface area contributed by atoms with Crippen LogP contribution in [0, 0.1) is 24.7 Å². The van der Waals surface area contributed by atoms with E-state index in [-0.39, 0.29) is 12.0 Å². The number of aryl methyl sites for hydroxylation is 1. The van der Waals surface area contributed by atoms with E-state index in [1.54, 1.807) is 14.0 Å².